The summed E-state index contributed by atoms with van der Waals surface area (Å²) in [5.74, 6) is 0.0652. The first-order chi connectivity index (χ1) is 18.9. The molecule has 2 N–H and O–H groups in total. The van der Waals surface area contributed by atoms with Crippen LogP contribution in [0.1, 0.15) is 69.2 Å². The van der Waals surface area contributed by atoms with E-state index in [4.69, 9.17) is 28.4 Å². The largest absolute Gasteiger partial charge is 0.502 e. The number of cyclic esters (lactones) is 1. The van der Waals surface area contributed by atoms with Gasteiger partial charge in [-0.25, -0.2) is 0 Å². The Balaban J connectivity index is 1.49. The quantitative estimate of drug-likeness (QED) is 0.510. The molecule has 0 bridgehead atoms. The van der Waals surface area contributed by atoms with Gasteiger partial charge in [0.15, 0.2) is 23.0 Å². The molecule has 3 aliphatic heterocycles. The lowest BCUT2D eigenvalue weighted by molar-refractivity contribution is -0.267. The molecule has 10 nitrogen and oxygen atoms in total. The zero-order valence-corrected chi connectivity index (χ0v) is 23.7. The highest BCUT2D eigenvalue weighted by Crippen LogP contribution is 2.57. The normalized spacial score (nSPS) is 28.5. The predicted molar refractivity (Wildman–Crippen MR) is 142 cm³/mol. The number of aromatic hydroxyl groups is 1. The number of phenolic OH excluding ortho intramolecular Hbond substituents is 1. The standard InChI is InChI=1S/C30H37NO9/c1-29(2)11-16(12-30(3,4)31(29)34)40-27-18-10-21-20(38-14-39-21)9-17(18)24(25-19(27)13-37-28(25)33)15-7-22(35-5)26(32)23(8-15)36-6/h7-10,16,19,24-25,27,32,34H,11-14H2,1-6H3/t19-,24+,25-,27+/m0/s1. The van der Waals surface area contributed by atoms with E-state index in [1.165, 1.54) is 19.3 Å². The number of esters is 1. The number of fused-ring (bicyclic) bond motifs is 3. The molecule has 0 amide bonds. The predicted octanol–water partition coefficient (Wildman–Crippen LogP) is 4.54. The molecule has 0 aromatic heterocycles. The maximum atomic E-state index is 13.4. The number of methoxy groups -OCH3 is 2. The van der Waals surface area contributed by atoms with Crippen LogP contribution in [0.4, 0.5) is 0 Å². The number of ether oxygens (including phenoxy) is 6. The molecule has 4 aliphatic rings. The first kappa shape index (κ1) is 27.0. The Bertz CT molecular complexity index is 1300. The van der Waals surface area contributed by atoms with Gasteiger partial charge in [0, 0.05) is 22.9 Å². The molecule has 3 heterocycles. The van der Waals surface area contributed by atoms with Crippen molar-refractivity contribution in [3.05, 3.63) is 41.0 Å². The molecular formula is C30H37NO9. The van der Waals surface area contributed by atoms with Gasteiger partial charge in [-0.2, -0.15) is 5.06 Å². The zero-order chi connectivity index (χ0) is 28.6. The molecule has 2 aromatic rings. The Hall–Kier alpha value is -3.21. The Labute approximate surface area is 233 Å². The number of carbonyl (C=O) groups is 1. The number of hydrogen-bond donors (Lipinski definition) is 2. The molecule has 2 saturated heterocycles. The van der Waals surface area contributed by atoms with E-state index in [1.807, 2.05) is 39.8 Å². The van der Waals surface area contributed by atoms with Gasteiger partial charge in [-0.15, -0.1) is 0 Å². The van der Waals surface area contributed by atoms with Gasteiger partial charge < -0.3 is 38.7 Å². The summed E-state index contributed by atoms with van der Waals surface area (Å²) in [5, 5.41) is 22.9. The third kappa shape index (κ3) is 4.15. The maximum absolute atomic E-state index is 13.4. The minimum Gasteiger partial charge on any atom is -0.502 e. The van der Waals surface area contributed by atoms with Crippen LogP contribution in [0.3, 0.4) is 0 Å². The lowest BCUT2D eigenvalue weighted by Crippen LogP contribution is -2.60. The van der Waals surface area contributed by atoms with E-state index in [-0.39, 0.29) is 48.6 Å². The fourth-order valence-corrected chi connectivity index (χ4v) is 7.26. The van der Waals surface area contributed by atoms with Gasteiger partial charge in [0.25, 0.3) is 0 Å². The number of carbonyl (C=O) groups excluding carboxylic acids is 1. The highest BCUT2D eigenvalue weighted by Gasteiger charge is 2.55. The Morgan fingerprint density at radius 2 is 1.48 bits per heavy atom. The van der Waals surface area contributed by atoms with Crippen LogP contribution in [0.25, 0.3) is 0 Å². The van der Waals surface area contributed by atoms with Gasteiger partial charge in [-0.05, 0) is 81.5 Å². The third-order valence-corrected chi connectivity index (χ3v) is 8.92. The van der Waals surface area contributed by atoms with E-state index >= 15 is 0 Å². The molecule has 2 aromatic carbocycles. The third-order valence-electron chi connectivity index (χ3n) is 8.92. The summed E-state index contributed by atoms with van der Waals surface area (Å²) in [7, 11) is 2.95. The van der Waals surface area contributed by atoms with Gasteiger partial charge in [-0.3, -0.25) is 4.79 Å². The highest BCUT2D eigenvalue weighted by molar-refractivity contribution is 5.79. The second kappa shape index (κ2) is 9.43. The second-order valence-electron chi connectivity index (χ2n) is 12.4. The lowest BCUT2D eigenvalue weighted by atomic mass is 9.66. The molecule has 0 unspecified atom stereocenters. The lowest BCUT2D eigenvalue weighted by Gasteiger charge is -2.52. The Morgan fingerprint density at radius 3 is 2.05 bits per heavy atom. The summed E-state index contributed by atoms with van der Waals surface area (Å²) in [5.41, 5.74) is 1.52. The molecule has 10 heteroatoms. The summed E-state index contributed by atoms with van der Waals surface area (Å²) in [6, 6.07) is 7.36. The average molecular weight is 556 g/mol. The van der Waals surface area contributed by atoms with Gasteiger partial charge in [0.1, 0.15) is 0 Å². The van der Waals surface area contributed by atoms with Gasteiger partial charge in [-0.1, -0.05) is 0 Å². The van der Waals surface area contributed by atoms with E-state index in [2.05, 4.69) is 0 Å². The summed E-state index contributed by atoms with van der Waals surface area (Å²) < 4.78 is 35.0. The Kier molecular flexibility index (Phi) is 6.36. The number of benzene rings is 2. The number of hydrogen-bond acceptors (Lipinski definition) is 10. The average Bonchev–Trinajstić information content (AvgIpc) is 3.52. The van der Waals surface area contributed by atoms with Gasteiger partial charge in [0.2, 0.25) is 12.5 Å². The monoisotopic (exact) mass is 555 g/mol. The van der Waals surface area contributed by atoms with Crippen molar-refractivity contribution >= 4 is 5.97 Å². The van der Waals surface area contributed by atoms with E-state index in [0.717, 1.165) is 16.7 Å². The van der Waals surface area contributed by atoms with Gasteiger partial charge in [0.05, 0.1) is 39.0 Å². The number of hydroxylamine groups is 2. The second-order valence-corrected chi connectivity index (χ2v) is 12.4. The fourth-order valence-electron chi connectivity index (χ4n) is 7.26. The Morgan fingerprint density at radius 1 is 0.900 bits per heavy atom. The molecular weight excluding hydrogens is 518 g/mol. The molecule has 0 radical (unpaired) electrons. The molecule has 216 valence electrons. The van der Waals surface area contributed by atoms with E-state index in [9.17, 15) is 15.1 Å². The smallest absolute Gasteiger partial charge is 0.310 e. The van der Waals surface area contributed by atoms with Crippen LogP contribution >= 0.6 is 0 Å². The molecule has 2 fully saturated rings. The van der Waals surface area contributed by atoms with E-state index in [0.29, 0.717) is 24.3 Å². The minimum atomic E-state index is -0.546. The summed E-state index contributed by atoms with van der Waals surface area (Å²) in [6.07, 6.45) is 0.620. The maximum Gasteiger partial charge on any atom is 0.310 e. The number of nitrogens with zero attached hydrogens (tertiary/aromatic N) is 1. The van der Waals surface area contributed by atoms with Crippen molar-refractivity contribution in [1.29, 1.82) is 0 Å². The van der Waals surface area contributed by atoms with Crippen molar-refractivity contribution in [2.75, 3.05) is 27.6 Å². The van der Waals surface area contributed by atoms with Crippen LogP contribution in [0.2, 0.25) is 0 Å². The van der Waals surface area contributed by atoms with Crippen molar-refractivity contribution in [3.8, 4) is 28.7 Å². The molecule has 4 atom stereocenters. The van der Waals surface area contributed by atoms with Crippen LogP contribution < -0.4 is 18.9 Å². The van der Waals surface area contributed by atoms with Crippen LogP contribution in [0, 0.1) is 11.8 Å². The number of piperidine rings is 1. The van der Waals surface area contributed by atoms with Crippen LogP contribution in [-0.4, -0.2) is 66.1 Å². The first-order valence-electron chi connectivity index (χ1n) is 13.6. The summed E-state index contributed by atoms with van der Waals surface area (Å²) >= 11 is 0. The number of rotatable bonds is 5. The number of phenols is 1. The molecule has 40 heavy (non-hydrogen) atoms. The van der Waals surface area contributed by atoms with E-state index in [1.54, 1.807) is 12.1 Å². The molecule has 0 spiro atoms. The molecule has 0 saturated carbocycles. The zero-order valence-electron chi connectivity index (χ0n) is 23.7. The van der Waals surface area contributed by atoms with Crippen molar-refractivity contribution in [1.82, 2.24) is 5.06 Å². The molecule has 6 rings (SSSR count). The first-order valence-corrected chi connectivity index (χ1v) is 13.6. The van der Waals surface area contributed by atoms with Gasteiger partial charge >= 0.3 is 5.97 Å². The van der Waals surface area contributed by atoms with Crippen LogP contribution in [0.15, 0.2) is 24.3 Å². The molecule has 1 aliphatic carbocycles. The topological polar surface area (TPSA) is 116 Å². The highest BCUT2D eigenvalue weighted by atomic mass is 16.7. The van der Waals surface area contributed by atoms with E-state index < -0.39 is 29.0 Å². The van der Waals surface area contributed by atoms with Crippen molar-refractivity contribution in [2.24, 2.45) is 11.8 Å². The summed E-state index contributed by atoms with van der Waals surface area (Å²) in [4.78, 5) is 13.4. The summed E-state index contributed by atoms with van der Waals surface area (Å²) in [6.45, 7) is 8.35. The van der Waals surface area contributed by atoms with Crippen LogP contribution in [-0.2, 0) is 14.3 Å². The fraction of sp³-hybridized carbons (Fsp3) is 0.567. The SMILES string of the molecule is COc1cc([C@@H]2c3cc4c(cc3[C@@H](OC3CC(C)(C)N(O)C(C)(C)C3)[C@H]3COC(=O)[C@H]23)OCO4)cc(OC)c1O. The van der Waals surface area contributed by atoms with Crippen molar-refractivity contribution in [3.63, 3.8) is 0 Å². The van der Waals surface area contributed by atoms with Crippen LogP contribution in [0.5, 0.6) is 28.7 Å². The van der Waals surface area contributed by atoms with Crippen molar-refractivity contribution < 1.29 is 43.5 Å². The van der Waals surface area contributed by atoms with Crippen molar-refractivity contribution in [2.45, 2.75) is 69.7 Å². The minimum absolute atomic E-state index is 0.109.